The van der Waals surface area contributed by atoms with Crippen LogP contribution < -0.4 is 0 Å². The molecule has 0 aromatic carbocycles. The van der Waals surface area contributed by atoms with Gasteiger partial charge in [-0.05, 0) is 28.7 Å². The van der Waals surface area contributed by atoms with E-state index in [0.29, 0.717) is 0 Å². The molecular weight excluding hydrogens is 314 g/mol. The Labute approximate surface area is 90.1 Å². The summed E-state index contributed by atoms with van der Waals surface area (Å²) >= 11 is 1.52. The number of rotatable bonds is 1. The van der Waals surface area contributed by atoms with Crippen LogP contribution in [0.4, 0.5) is 13.2 Å². The van der Waals surface area contributed by atoms with E-state index in [1.165, 1.54) is 28.7 Å². The van der Waals surface area contributed by atoms with Gasteiger partial charge >= 0.3 is 12.1 Å². The average molecular weight is 317 g/mol. The van der Waals surface area contributed by atoms with Gasteiger partial charge in [0, 0.05) is 9.77 Å². The molecule has 3 nitrogen and oxygen atoms in total. The molecule has 0 spiro atoms. The molecule has 0 aliphatic heterocycles. The fraction of sp³-hybridized carbons (Fsp3) is 0.143. The van der Waals surface area contributed by atoms with Crippen molar-refractivity contribution in [3.63, 3.8) is 0 Å². The van der Waals surface area contributed by atoms with Crippen molar-refractivity contribution >= 4 is 28.6 Å². The number of aromatic carboxylic acids is 1. The molecule has 1 heterocycles. The molecule has 0 radical (unpaired) electrons. The molecule has 1 N–H and O–H groups in total. The number of carboxylic acid groups (broad SMARTS) is 1. The highest BCUT2D eigenvalue weighted by atomic mass is 127. The van der Waals surface area contributed by atoms with E-state index >= 15 is 0 Å². The van der Waals surface area contributed by atoms with E-state index in [0.717, 1.165) is 6.20 Å². The first-order valence-electron chi connectivity index (χ1n) is 3.29. The molecule has 1 rings (SSSR count). The van der Waals surface area contributed by atoms with Gasteiger partial charge in [0.2, 0.25) is 0 Å². The molecule has 0 atom stereocenters. The third-order valence-corrected chi connectivity index (χ3v) is 2.28. The zero-order valence-corrected chi connectivity index (χ0v) is 8.63. The van der Waals surface area contributed by atoms with Crippen molar-refractivity contribution < 1.29 is 23.1 Å². The van der Waals surface area contributed by atoms with Crippen molar-refractivity contribution in [3.05, 3.63) is 27.1 Å². The number of pyridine rings is 1. The number of carboxylic acids is 1. The van der Waals surface area contributed by atoms with Crippen LogP contribution in [0.3, 0.4) is 0 Å². The Bertz CT molecular complexity index is 378. The smallest absolute Gasteiger partial charge is 0.434 e. The highest BCUT2D eigenvalue weighted by Crippen LogP contribution is 2.31. The van der Waals surface area contributed by atoms with Crippen molar-refractivity contribution in [2.45, 2.75) is 6.18 Å². The average Bonchev–Trinajstić information content (AvgIpc) is 2.01. The summed E-state index contributed by atoms with van der Waals surface area (Å²) in [7, 11) is 0. The summed E-state index contributed by atoms with van der Waals surface area (Å²) in [6, 6.07) is 1.21. The molecule has 0 fully saturated rings. The van der Waals surface area contributed by atoms with Gasteiger partial charge in [0.25, 0.3) is 0 Å². The standard InChI is InChI=1S/C7H3F3INO2/c8-7(9,10)5-4(6(13)14)3(11)1-2-12-5/h1-2H,(H,13,14). The molecule has 1 aromatic rings. The minimum absolute atomic E-state index is 0.0115. The summed E-state index contributed by atoms with van der Waals surface area (Å²) < 4.78 is 36.8. The van der Waals surface area contributed by atoms with E-state index in [1.54, 1.807) is 0 Å². The van der Waals surface area contributed by atoms with E-state index < -0.39 is 23.4 Å². The van der Waals surface area contributed by atoms with E-state index in [2.05, 4.69) is 4.98 Å². The number of hydrogen-bond acceptors (Lipinski definition) is 2. The van der Waals surface area contributed by atoms with Crippen molar-refractivity contribution in [2.75, 3.05) is 0 Å². The van der Waals surface area contributed by atoms with E-state index in [4.69, 9.17) is 5.11 Å². The van der Waals surface area contributed by atoms with E-state index in [1.807, 2.05) is 0 Å². The van der Waals surface area contributed by atoms with Crippen LogP contribution in [0.15, 0.2) is 12.3 Å². The maximum absolute atomic E-state index is 12.3. The van der Waals surface area contributed by atoms with Crippen LogP contribution in [-0.2, 0) is 6.18 Å². The molecule has 14 heavy (non-hydrogen) atoms. The Kier molecular flexibility index (Phi) is 2.98. The van der Waals surface area contributed by atoms with Crippen LogP contribution in [0, 0.1) is 3.57 Å². The monoisotopic (exact) mass is 317 g/mol. The summed E-state index contributed by atoms with van der Waals surface area (Å²) in [5.41, 5.74) is -2.17. The number of carbonyl (C=O) groups is 1. The maximum atomic E-state index is 12.3. The van der Waals surface area contributed by atoms with E-state index in [-0.39, 0.29) is 3.57 Å². The van der Waals surface area contributed by atoms with Crippen molar-refractivity contribution in [1.82, 2.24) is 4.98 Å². The highest BCUT2D eigenvalue weighted by molar-refractivity contribution is 14.1. The quantitative estimate of drug-likeness (QED) is 0.809. The first-order valence-corrected chi connectivity index (χ1v) is 4.37. The molecule has 0 saturated carbocycles. The van der Waals surface area contributed by atoms with Gasteiger partial charge in [0.1, 0.15) is 5.56 Å². The Hall–Kier alpha value is -0.860. The third-order valence-electron chi connectivity index (χ3n) is 1.38. The summed E-state index contributed by atoms with van der Waals surface area (Å²) in [5.74, 6) is -1.63. The Morgan fingerprint density at radius 2 is 2.07 bits per heavy atom. The second-order valence-corrected chi connectivity index (χ2v) is 3.48. The molecule has 0 bridgehead atoms. The van der Waals surface area contributed by atoms with Crippen LogP contribution in [0.2, 0.25) is 0 Å². The lowest BCUT2D eigenvalue weighted by molar-refractivity contribution is -0.141. The lowest BCUT2D eigenvalue weighted by Gasteiger charge is -2.09. The summed E-state index contributed by atoms with van der Waals surface area (Å²) in [6.07, 6.45) is -3.81. The van der Waals surface area contributed by atoms with Gasteiger partial charge in [0.15, 0.2) is 5.69 Å². The number of hydrogen-bond donors (Lipinski definition) is 1. The van der Waals surface area contributed by atoms with Gasteiger partial charge in [-0.3, -0.25) is 4.98 Å². The first kappa shape index (κ1) is 11.2. The van der Waals surface area contributed by atoms with Gasteiger partial charge in [-0.1, -0.05) is 0 Å². The predicted octanol–water partition coefficient (Wildman–Crippen LogP) is 2.40. The van der Waals surface area contributed by atoms with Crippen molar-refractivity contribution in [1.29, 1.82) is 0 Å². The third kappa shape index (κ3) is 2.14. The molecule has 0 aliphatic carbocycles. The van der Waals surface area contributed by atoms with Crippen molar-refractivity contribution in [2.24, 2.45) is 0 Å². The minimum atomic E-state index is -4.74. The summed E-state index contributed by atoms with van der Waals surface area (Å²) in [6.45, 7) is 0. The number of aromatic nitrogens is 1. The zero-order chi connectivity index (χ0) is 10.9. The molecule has 76 valence electrons. The number of halogens is 4. The topological polar surface area (TPSA) is 50.2 Å². The summed E-state index contributed by atoms with van der Waals surface area (Å²) in [4.78, 5) is 13.6. The molecule has 7 heteroatoms. The Balaban J connectivity index is 3.44. The van der Waals surface area contributed by atoms with Gasteiger partial charge in [-0.2, -0.15) is 13.2 Å². The van der Waals surface area contributed by atoms with Crippen LogP contribution >= 0.6 is 22.6 Å². The SMILES string of the molecule is O=C(O)c1c(I)ccnc1C(F)(F)F. The van der Waals surface area contributed by atoms with Crippen LogP contribution in [-0.4, -0.2) is 16.1 Å². The number of nitrogens with zero attached hydrogens (tertiary/aromatic N) is 1. The highest BCUT2D eigenvalue weighted by Gasteiger charge is 2.38. The molecule has 0 amide bonds. The molecule has 0 aliphatic rings. The fourth-order valence-electron chi connectivity index (χ4n) is 0.857. The summed E-state index contributed by atoms with van der Waals surface area (Å²) in [5, 5.41) is 8.57. The van der Waals surface area contributed by atoms with Crippen LogP contribution in [0.25, 0.3) is 0 Å². The molecule has 0 saturated heterocycles. The largest absolute Gasteiger partial charge is 0.478 e. The molecular formula is C7H3F3INO2. The molecule has 1 aromatic heterocycles. The van der Waals surface area contributed by atoms with Crippen LogP contribution in [0.1, 0.15) is 16.1 Å². The second kappa shape index (κ2) is 3.71. The van der Waals surface area contributed by atoms with Gasteiger partial charge in [0.05, 0.1) is 0 Å². The second-order valence-electron chi connectivity index (χ2n) is 2.32. The predicted molar refractivity (Wildman–Crippen MR) is 48.9 cm³/mol. The van der Waals surface area contributed by atoms with Crippen molar-refractivity contribution in [3.8, 4) is 0 Å². The number of alkyl halides is 3. The first-order chi connectivity index (χ1) is 6.34. The maximum Gasteiger partial charge on any atom is 0.434 e. The molecule has 0 unspecified atom stereocenters. The van der Waals surface area contributed by atoms with Gasteiger partial charge in [-0.15, -0.1) is 0 Å². The lowest BCUT2D eigenvalue weighted by Crippen LogP contribution is -2.16. The van der Waals surface area contributed by atoms with Gasteiger partial charge in [-0.25, -0.2) is 4.79 Å². The Morgan fingerprint density at radius 1 is 1.50 bits per heavy atom. The Morgan fingerprint density at radius 3 is 2.43 bits per heavy atom. The minimum Gasteiger partial charge on any atom is -0.478 e. The lowest BCUT2D eigenvalue weighted by atomic mass is 10.2. The zero-order valence-electron chi connectivity index (χ0n) is 6.47. The van der Waals surface area contributed by atoms with Crippen LogP contribution in [0.5, 0.6) is 0 Å². The van der Waals surface area contributed by atoms with Gasteiger partial charge < -0.3 is 5.11 Å². The van der Waals surface area contributed by atoms with E-state index in [9.17, 15) is 18.0 Å². The normalized spacial score (nSPS) is 11.4. The fourth-order valence-corrected chi connectivity index (χ4v) is 1.50.